The monoisotopic (exact) mass is 437 g/mol. The van der Waals surface area contributed by atoms with Crippen molar-refractivity contribution < 1.29 is 18.6 Å². The molecule has 3 heteroatoms. The molecule has 1 aromatic rings. The van der Waals surface area contributed by atoms with Crippen molar-refractivity contribution in [3.05, 3.63) is 80.4 Å². The second-order valence-corrected chi connectivity index (χ2v) is 6.11. The first-order chi connectivity index (χ1) is 13.6. The molecule has 1 N–H and O–H groups in total. The average molecular weight is 438 g/mol. The van der Waals surface area contributed by atoms with Crippen molar-refractivity contribution in [3.63, 3.8) is 0 Å². The van der Waals surface area contributed by atoms with Gasteiger partial charge in [0.15, 0.2) is 0 Å². The fourth-order valence-electron chi connectivity index (χ4n) is 1.67. The van der Waals surface area contributed by atoms with Crippen molar-refractivity contribution in [3.8, 4) is 0 Å². The van der Waals surface area contributed by atoms with Crippen LogP contribution < -0.4 is 5.32 Å². The van der Waals surface area contributed by atoms with Crippen molar-refractivity contribution in [1.82, 2.24) is 10.3 Å². The molecule has 0 bridgehead atoms. The van der Waals surface area contributed by atoms with Crippen molar-refractivity contribution in [1.29, 1.82) is 0 Å². The van der Waals surface area contributed by atoms with Crippen LogP contribution in [0.15, 0.2) is 60.9 Å². The van der Waals surface area contributed by atoms with Crippen LogP contribution in [0.1, 0.15) is 72.4 Å². The molecule has 0 aromatic carbocycles. The van der Waals surface area contributed by atoms with Crippen LogP contribution in [0.25, 0.3) is 0 Å². The summed E-state index contributed by atoms with van der Waals surface area (Å²) in [5.74, 6) is 0. The molecule has 0 aliphatic carbocycles. The molecule has 0 atom stereocenters. The number of nitrogens with one attached hydrogen (secondary N) is 1. The van der Waals surface area contributed by atoms with E-state index in [9.17, 15) is 0 Å². The molecule has 1 heterocycles. The number of aromatic nitrogens is 1. The number of rotatable bonds is 9. The molecule has 0 saturated heterocycles. The molecule has 2 nitrogen and oxygen atoms in total. The zero-order valence-electron chi connectivity index (χ0n) is 19.8. The Bertz CT molecular complexity index is 449. The van der Waals surface area contributed by atoms with Gasteiger partial charge in [-0.1, -0.05) is 76.6 Å². The Kier molecular flexibility index (Phi) is 42.0. The predicted molar refractivity (Wildman–Crippen MR) is 130 cm³/mol. The maximum absolute atomic E-state index is 4.17. The fraction of sp³-hybridized carbons (Fsp3) is 0.500. The zero-order valence-corrected chi connectivity index (χ0v) is 21.2. The third-order valence-corrected chi connectivity index (χ3v) is 3.04. The predicted octanol–water partition coefficient (Wildman–Crippen LogP) is 7.56. The number of pyridine rings is 1. The van der Waals surface area contributed by atoms with Crippen LogP contribution in [0.2, 0.25) is 0 Å². The Morgan fingerprint density at radius 1 is 1.03 bits per heavy atom. The minimum Gasteiger partial charge on any atom is -0.344 e. The first-order valence-electron chi connectivity index (χ1n) is 10.7. The summed E-state index contributed by atoms with van der Waals surface area (Å²) in [6.07, 6.45) is 16.3. The molecular formula is C26H46N2V. The maximum Gasteiger partial charge on any atom is 2.00 e. The van der Waals surface area contributed by atoms with Gasteiger partial charge >= 0.3 is 18.6 Å². The van der Waals surface area contributed by atoms with E-state index in [1.807, 2.05) is 56.5 Å². The van der Waals surface area contributed by atoms with Gasteiger partial charge in [0.05, 0.1) is 0 Å². The summed E-state index contributed by atoms with van der Waals surface area (Å²) < 4.78 is 0. The third-order valence-electron chi connectivity index (χ3n) is 3.04. The molecule has 0 amide bonds. The smallest absolute Gasteiger partial charge is 0.344 e. The SMILES string of the molecule is C=C(/C=C\C=C/C)C[CH2-].CCCNCCC.CCCc1ccccn1.[CH2-]CC.[V+2]. The summed E-state index contributed by atoms with van der Waals surface area (Å²) in [5, 5.41) is 3.28. The number of hydrogen-bond acceptors (Lipinski definition) is 2. The normalized spacial score (nSPS) is 9.34. The minimum atomic E-state index is 0. The van der Waals surface area contributed by atoms with E-state index in [0.717, 1.165) is 24.8 Å². The van der Waals surface area contributed by atoms with Crippen LogP contribution in [0.3, 0.4) is 0 Å². The molecule has 1 rings (SSSR count). The van der Waals surface area contributed by atoms with E-state index in [1.54, 1.807) is 0 Å². The van der Waals surface area contributed by atoms with E-state index in [0.29, 0.717) is 0 Å². The van der Waals surface area contributed by atoms with Gasteiger partial charge in [-0.2, -0.15) is 12.8 Å². The van der Waals surface area contributed by atoms with Gasteiger partial charge in [0.2, 0.25) is 0 Å². The van der Waals surface area contributed by atoms with E-state index in [1.165, 1.54) is 38.0 Å². The molecule has 165 valence electrons. The Morgan fingerprint density at radius 2 is 1.62 bits per heavy atom. The molecule has 0 spiro atoms. The van der Waals surface area contributed by atoms with E-state index in [-0.39, 0.29) is 18.6 Å². The van der Waals surface area contributed by atoms with Gasteiger partial charge in [-0.25, -0.2) is 0 Å². The van der Waals surface area contributed by atoms with Crippen molar-refractivity contribution >= 4 is 0 Å². The summed E-state index contributed by atoms with van der Waals surface area (Å²) in [7, 11) is 0. The summed E-state index contributed by atoms with van der Waals surface area (Å²) >= 11 is 0. The summed E-state index contributed by atoms with van der Waals surface area (Å²) in [6.45, 7) is 23.8. The van der Waals surface area contributed by atoms with E-state index < -0.39 is 0 Å². The maximum atomic E-state index is 4.17. The topological polar surface area (TPSA) is 24.9 Å². The summed E-state index contributed by atoms with van der Waals surface area (Å²) in [4.78, 5) is 4.17. The number of allylic oxidation sites excluding steroid dienone is 5. The standard InChI is InChI=1S/C9H13.C8H11N.C6H15N.C3H7.V/c1-4-6-7-8-9(3)5-2;1-2-5-8-6-3-4-7-9-8;1-3-5-7-6-4-2;1-3-2;/h4,6-8H,2-3,5H2,1H3;3-4,6-7H,2,5H2,1H3;7H,3-6H2,1-2H3;1,3H2,2H3;/q-1;;;-1;+2/b6-4-,8-7-;;;;. The number of aryl methyl sites for hydroxylation is 1. The van der Waals surface area contributed by atoms with Gasteiger partial charge in [-0.05, 0) is 51.4 Å². The molecule has 0 fully saturated rings. The van der Waals surface area contributed by atoms with E-state index >= 15 is 0 Å². The van der Waals surface area contributed by atoms with Crippen molar-refractivity contribution in [2.75, 3.05) is 13.1 Å². The second kappa shape index (κ2) is 34.4. The van der Waals surface area contributed by atoms with E-state index in [2.05, 4.69) is 57.6 Å². The Morgan fingerprint density at radius 3 is 2.00 bits per heavy atom. The number of nitrogens with zero attached hydrogens (tertiary/aromatic N) is 1. The van der Waals surface area contributed by atoms with Crippen molar-refractivity contribution in [2.45, 2.75) is 73.1 Å². The van der Waals surface area contributed by atoms with Gasteiger partial charge in [-0.3, -0.25) is 4.98 Å². The molecule has 29 heavy (non-hydrogen) atoms. The second-order valence-electron chi connectivity index (χ2n) is 6.11. The quantitative estimate of drug-likeness (QED) is 0.245. The first kappa shape index (κ1) is 35.4. The van der Waals surface area contributed by atoms with Crippen molar-refractivity contribution in [2.24, 2.45) is 0 Å². The molecule has 0 aliphatic heterocycles. The third kappa shape index (κ3) is 38.2. The summed E-state index contributed by atoms with van der Waals surface area (Å²) in [5.41, 5.74) is 2.26. The van der Waals surface area contributed by atoms with Crippen LogP contribution >= 0.6 is 0 Å². The first-order valence-corrected chi connectivity index (χ1v) is 10.7. The summed E-state index contributed by atoms with van der Waals surface area (Å²) in [6, 6.07) is 6.03. The van der Waals surface area contributed by atoms with Gasteiger partial charge < -0.3 is 19.2 Å². The van der Waals surface area contributed by atoms with Gasteiger partial charge in [0, 0.05) is 11.9 Å². The Labute approximate surface area is 195 Å². The van der Waals surface area contributed by atoms with Gasteiger partial charge in [-0.15, -0.1) is 0 Å². The van der Waals surface area contributed by atoms with Crippen LogP contribution in [0.5, 0.6) is 0 Å². The zero-order chi connectivity index (χ0) is 21.9. The molecule has 1 aromatic heterocycles. The molecule has 1 radical (unpaired) electrons. The van der Waals surface area contributed by atoms with Crippen LogP contribution in [-0.4, -0.2) is 18.1 Å². The van der Waals surface area contributed by atoms with E-state index in [4.69, 9.17) is 0 Å². The Balaban J connectivity index is -0.000000150. The van der Waals surface area contributed by atoms with Gasteiger partial charge in [0.1, 0.15) is 0 Å². The fourth-order valence-corrected chi connectivity index (χ4v) is 1.67. The van der Waals surface area contributed by atoms with Gasteiger partial charge in [0.25, 0.3) is 0 Å². The van der Waals surface area contributed by atoms with Crippen LogP contribution in [-0.2, 0) is 25.0 Å². The van der Waals surface area contributed by atoms with Crippen LogP contribution in [0.4, 0.5) is 0 Å². The Hall–Kier alpha value is -1.09. The molecular weight excluding hydrogens is 391 g/mol. The average Bonchev–Trinajstić information content (AvgIpc) is 2.71. The molecule has 0 unspecified atom stereocenters. The molecule has 0 saturated carbocycles. The van der Waals surface area contributed by atoms with Crippen LogP contribution in [0, 0.1) is 13.8 Å². The number of hydrogen-bond donors (Lipinski definition) is 1. The molecule has 0 aliphatic rings. The largest absolute Gasteiger partial charge is 2.00 e. The minimum absolute atomic E-state index is 0.